The molecule has 0 saturated carbocycles. The number of hydrogen-bond acceptors (Lipinski definition) is 6. The fourth-order valence-electron chi connectivity index (χ4n) is 3.06. The quantitative estimate of drug-likeness (QED) is 0.478. The number of para-hydroxylation sites is 1. The predicted octanol–water partition coefficient (Wildman–Crippen LogP) is 3.78. The standard InChI is InChI=1S/C22H18FN5O3/c1-3-18(29)14-6-4-5-7-16(14)25-22(30)21-26-20-11-24-17(12-28(20)27-21)13-8-9-15(23)19(10-13)31-2/h4-12H,3H2,1-2H3,(H,25,30). The van der Waals surface area contributed by atoms with E-state index >= 15 is 0 Å². The lowest BCUT2D eigenvalue weighted by atomic mass is 10.1. The van der Waals surface area contributed by atoms with E-state index in [0.29, 0.717) is 34.6 Å². The number of benzene rings is 2. The lowest BCUT2D eigenvalue weighted by Crippen LogP contribution is -2.16. The SMILES string of the molecule is CCC(=O)c1ccccc1NC(=O)c1nc2cnc(-c3ccc(F)c(OC)c3)cn2n1. The van der Waals surface area contributed by atoms with Crippen molar-refractivity contribution in [3.63, 3.8) is 0 Å². The van der Waals surface area contributed by atoms with Gasteiger partial charge in [-0.15, -0.1) is 5.10 Å². The molecule has 4 aromatic rings. The number of ketones is 1. The number of carbonyl (C=O) groups is 2. The highest BCUT2D eigenvalue weighted by Crippen LogP contribution is 2.25. The molecule has 0 aliphatic heterocycles. The maximum absolute atomic E-state index is 13.7. The van der Waals surface area contributed by atoms with Crippen molar-refractivity contribution in [1.29, 1.82) is 0 Å². The van der Waals surface area contributed by atoms with E-state index in [0.717, 1.165) is 0 Å². The summed E-state index contributed by atoms with van der Waals surface area (Å²) in [5.74, 6) is -1.09. The number of amides is 1. The third kappa shape index (κ3) is 3.97. The molecule has 0 spiro atoms. The van der Waals surface area contributed by atoms with Crippen LogP contribution in [0.4, 0.5) is 10.1 Å². The van der Waals surface area contributed by atoms with Crippen molar-refractivity contribution in [2.45, 2.75) is 13.3 Å². The second-order valence-corrected chi connectivity index (χ2v) is 6.64. The molecule has 2 aromatic heterocycles. The predicted molar refractivity (Wildman–Crippen MR) is 112 cm³/mol. The summed E-state index contributed by atoms with van der Waals surface area (Å²) in [6, 6.07) is 11.2. The number of nitrogens with one attached hydrogen (secondary N) is 1. The lowest BCUT2D eigenvalue weighted by molar-refractivity contribution is 0.0989. The average molecular weight is 419 g/mol. The number of methoxy groups -OCH3 is 1. The molecule has 31 heavy (non-hydrogen) atoms. The number of carbonyl (C=O) groups excluding carboxylic acids is 2. The Morgan fingerprint density at radius 3 is 2.77 bits per heavy atom. The Hall–Kier alpha value is -4.14. The second-order valence-electron chi connectivity index (χ2n) is 6.64. The van der Waals surface area contributed by atoms with Gasteiger partial charge in [-0.05, 0) is 30.3 Å². The molecule has 1 amide bonds. The van der Waals surface area contributed by atoms with Crippen LogP contribution in [0.25, 0.3) is 16.9 Å². The second kappa shape index (κ2) is 8.31. The number of ether oxygens (including phenoxy) is 1. The summed E-state index contributed by atoms with van der Waals surface area (Å²) in [5.41, 5.74) is 2.31. The van der Waals surface area contributed by atoms with E-state index in [2.05, 4.69) is 20.4 Å². The van der Waals surface area contributed by atoms with Crippen LogP contribution in [0.5, 0.6) is 5.75 Å². The highest BCUT2D eigenvalue weighted by atomic mass is 19.1. The average Bonchev–Trinajstić information content (AvgIpc) is 3.23. The van der Waals surface area contributed by atoms with E-state index in [1.54, 1.807) is 43.5 Å². The Bertz CT molecular complexity index is 1300. The van der Waals surface area contributed by atoms with Gasteiger partial charge in [-0.1, -0.05) is 19.1 Å². The molecule has 0 aliphatic carbocycles. The van der Waals surface area contributed by atoms with Crippen molar-refractivity contribution >= 4 is 23.0 Å². The summed E-state index contributed by atoms with van der Waals surface area (Å²) in [5, 5.41) is 6.91. The number of fused-ring (bicyclic) bond motifs is 1. The van der Waals surface area contributed by atoms with Crippen molar-refractivity contribution in [1.82, 2.24) is 19.6 Å². The molecule has 0 aliphatic rings. The lowest BCUT2D eigenvalue weighted by Gasteiger charge is -2.07. The van der Waals surface area contributed by atoms with Crippen LogP contribution in [0, 0.1) is 5.82 Å². The zero-order valence-electron chi connectivity index (χ0n) is 16.8. The molecule has 2 aromatic carbocycles. The zero-order valence-corrected chi connectivity index (χ0v) is 16.8. The minimum absolute atomic E-state index is 0.0746. The molecule has 0 unspecified atom stereocenters. The van der Waals surface area contributed by atoms with Crippen LogP contribution in [0.2, 0.25) is 0 Å². The van der Waals surface area contributed by atoms with E-state index in [1.165, 1.54) is 30.0 Å². The highest BCUT2D eigenvalue weighted by Gasteiger charge is 2.17. The van der Waals surface area contributed by atoms with E-state index in [9.17, 15) is 14.0 Å². The van der Waals surface area contributed by atoms with Gasteiger partial charge in [0, 0.05) is 17.5 Å². The fourth-order valence-corrected chi connectivity index (χ4v) is 3.06. The van der Waals surface area contributed by atoms with E-state index < -0.39 is 11.7 Å². The summed E-state index contributed by atoms with van der Waals surface area (Å²) in [6.07, 6.45) is 3.37. The first-order valence-corrected chi connectivity index (χ1v) is 9.50. The van der Waals surface area contributed by atoms with Crippen molar-refractivity contribution < 1.29 is 18.7 Å². The van der Waals surface area contributed by atoms with Gasteiger partial charge in [0.15, 0.2) is 23.0 Å². The Morgan fingerprint density at radius 2 is 2.00 bits per heavy atom. The molecule has 0 saturated heterocycles. The van der Waals surface area contributed by atoms with Gasteiger partial charge in [0.05, 0.1) is 30.9 Å². The van der Waals surface area contributed by atoms with Crippen LogP contribution >= 0.6 is 0 Å². The Kier molecular flexibility index (Phi) is 5.40. The van der Waals surface area contributed by atoms with Crippen LogP contribution in [0.1, 0.15) is 34.3 Å². The molecule has 1 N–H and O–H groups in total. The van der Waals surface area contributed by atoms with Crippen LogP contribution in [-0.2, 0) is 0 Å². The van der Waals surface area contributed by atoms with Crippen molar-refractivity contribution in [2.24, 2.45) is 0 Å². The van der Waals surface area contributed by atoms with Gasteiger partial charge in [0.1, 0.15) is 0 Å². The van der Waals surface area contributed by atoms with Gasteiger partial charge < -0.3 is 10.1 Å². The first-order chi connectivity index (χ1) is 15.0. The van der Waals surface area contributed by atoms with Crippen molar-refractivity contribution in [3.05, 3.63) is 72.1 Å². The largest absolute Gasteiger partial charge is 0.494 e. The van der Waals surface area contributed by atoms with Crippen LogP contribution < -0.4 is 10.1 Å². The number of rotatable bonds is 6. The molecule has 2 heterocycles. The highest BCUT2D eigenvalue weighted by molar-refractivity contribution is 6.08. The molecule has 0 radical (unpaired) electrons. The fraction of sp³-hybridized carbons (Fsp3) is 0.136. The molecule has 0 bridgehead atoms. The number of hydrogen-bond donors (Lipinski definition) is 1. The van der Waals surface area contributed by atoms with Gasteiger partial charge in [-0.3, -0.25) is 14.6 Å². The molecular formula is C22H18FN5O3. The maximum Gasteiger partial charge on any atom is 0.295 e. The Morgan fingerprint density at radius 1 is 1.19 bits per heavy atom. The molecule has 4 rings (SSSR count). The normalized spacial score (nSPS) is 10.8. The summed E-state index contributed by atoms with van der Waals surface area (Å²) in [7, 11) is 1.38. The summed E-state index contributed by atoms with van der Waals surface area (Å²) >= 11 is 0. The molecule has 8 nitrogen and oxygen atoms in total. The Balaban J connectivity index is 1.63. The number of Topliss-reactive ketones (excluding diaryl/α,β-unsaturated/α-hetero) is 1. The first kappa shape index (κ1) is 20.1. The zero-order chi connectivity index (χ0) is 22.0. The van der Waals surface area contributed by atoms with Gasteiger partial charge in [0.25, 0.3) is 5.91 Å². The first-order valence-electron chi connectivity index (χ1n) is 9.50. The van der Waals surface area contributed by atoms with Crippen molar-refractivity contribution in [2.75, 3.05) is 12.4 Å². The number of halogens is 1. The molecular weight excluding hydrogens is 401 g/mol. The molecule has 0 fully saturated rings. The van der Waals surface area contributed by atoms with E-state index in [1.807, 2.05) is 0 Å². The summed E-state index contributed by atoms with van der Waals surface area (Å²) < 4.78 is 20.1. The maximum atomic E-state index is 13.7. The minimum atomic E-state index is -0.551. The summed E-state index contributed by atoms with van der Waals surface area (Å²) in [6.45, 7) is 1.76. The molecule has 0 atom stereocenters. The Labute approximate surface area is 176 Å². The number of nitrogens with zero attached hydrogens (tertiary/aromatic N) is 4. The monoisotopic (exact) mass is 419 g/mol. The van der Waals surface area contributed by atoms with Crippen molar-refractivity contribution in [3.8, 4) is 17.0 Å². The van der Waals surface area contributed by atoms with Gasteiger partial charge >= 0.3 is 0 Å². The van der Waals surface area contributed by atoms with E-state index in [4.69, 9.17) is 4.74 Å². The van der Waals surface area contributed by atoms with Crippen LogP contribution in [-0.4, -0.2) is 38.4 Å². The summed E-state index contributed by atoms with van der Waals surface area (Å²) in [4.78, 5) is 33.3. The third-order valence-corrected chi connectivity index (χ3v) is 4.67. The van der Waals surface area contributed by atoms with Crippen LogP contribution in [0.3, 0.4) is 0 Å². The molecule has 9 heteroatoms. The number of anilines is 1. The smallest absolute Gasteiger partial charge is 0.295 e. The van der Waals surface area contributed by atoms with Gasteiger partial charge in [0.2, 0.25) is 5.82 Å². The van der Waals surface area contributed by atoms with Gasteiger partial charge in [-0.25, -0.2) is 13.9 Å². The molecule has 156 valence electrons. The van der Waals surface area contributed by atoms with Gasteiger partial charge in [-0.2, -0.15) is 0 Å². The minimum Gasteiger partial charge on any atom is -0.494 e. The number of aromatic nitrogens is 4. The van der Waals surface area contributed by atoms with Crippen LogP contribution in [0.15, 0.2) is 54.9 Å². The third-order valence-electron chi connectivity index (χ3n) is 4.67. The van der Waals surface area contributed by atoms with E-state index in [-0.39, 0.29) is 17.4 Å². The topological polar surface area (TPSA) is 98.5 Å².